The minimum atomic E-state index is 0.762. The van der Waals surface area contributed by atoms with Crippen LogP contribution in [0.1, 0.15) is 22.5 Å². The lowest BCUT2D eigenvalue weighted by Gasteiger charge is -1.99. The van der Waals surface area contributed by atoms with Crippen LogP contribution >= 0.6 is 22.9 Å². The molecule has 2 aromatic rings. The molecule has 5 heteroatoms. The van der Waals surface area contributed by atoms with Crippen LogP contribution in [0, 0.1) is 0 Å². The third-order valence-corrected chi connectivity index (χ3v) is 3.93. The molecular weight excluding hydrogens is 266 g/mol. The summed E-state index contributed by atoms with van der Waals surface area (Å²) in [7, 11) is 0. The number of benzene rings is 1. The fraction of sp³-hybridized carbons (Fsp3) is 0.385. The number of nitrogens with one attached hydrogen (secondary N) is 1. The van der Waals surface area contributed by atoms with E-state index in [2.05, 4.69) is 22.4 Å². The molecule has 2 rings (SSSR count). The Hall–Kier alpha value is -0.970. The summed E-state index contributed by atoms with van der Waals surface area (Å²) >= 11 is 7.80. The highest BCUT2D eigenvalue weighted by molar-refractivity contribution is 7.11. The number of rotatable bonds is 6. The summed E-state index contributed by atoms with van der Waals surface area (Å²) in [5.41, 5.74) is 1.11. The van der Waals surface area contributed by atoms with Gasteiger partial charge in [0.15, 0.2) is 0 Å². The predicted molar refractivity (Wildman–Crippen MR) is 76.4 cm³/mol. The van der Waals surface area contributed by atoms with Crippen LogP contribution in [0.15, 0.2) is 24.3 Å². The van der Waals surface area contributed by atoms with Crippen LogP contribution in [0.4, 0.5) is 0 Å². The summed E-state index contributed by atoms with van der Waals surface area (Å²) in [6.07, 6.45) is 1.70. The molecule has 0 aliphatic carbocycles. The zero-order valence-corrected chi connectivity index (χ0v) is 11.9. The van der Waals surface area contributed by atoms with Crippen molar-refractivity contribution < 1.29 is 0 Å². The van der Waals surface area contributed by atoms with Crippen molar-refractivity contribution in [2.24, 2.45) is 0 Å². The van der Waals surface area contributed by atoms with Gasteiger partial charge in [0, 0.05) is 24.4 Å². The maximum atomic E-state index is 6.13. The summed E-state index contributed by atoms with van der Waals surface area (Å²) in [5.74, 6) is 0. The average Bonchev–Trinajstić information content (AvgIpc) is 2.80. The number of likely N-dealkylation sites (N-methyl/N-ethyl adjacent to an activating group) is 1. The Labute approximate surface area is 116 Å². The van der Waals surface area contributed by atoms with E-state index < -0.39 is 0 Å². The largest absolute Gasteiger partial charge is 0.317 e. The lowest BCUT2D eigenvalue weighted by atomic mass is 10.2. The van der Waals surface area contributed by atoms with E-state index in [1.165, 1.54) is 0 Å². The van der Waals surface area contributed by atoms with Gasteiger partial charge in [-0.15, -0.1) is 21.5 Å². The highest BCUT2D eigenvalue weighted by Gasteiger charge is 2.07. The highest BCUT2D eigenvalue weighted by atomic mass is 35.5. The molecule has 96 valence electrons. The average molecular weight is 282 g/mol. The van der Waals surface area contributed by atoms with Crippen LogP contribution in [0.5, 0.6) is 0 Å². The van der Waals surface area contributed by atoms with Gasteiger partial charge in [-0.2, -0.15) is 0 Å². The molecule has 0 fully saturated rings. The number of aromatic nitrogens is 2. The molecule has 0 amide bonds. The van der Waals surface area contributed by atoms with Crippen molar-refractivity contribution in [3.05, 3.63) is 44.9 Å². The standard InChI is InChI=1S/C13H16ClN3S/c1-2-15-8-7-12-16-17-13(18-12)9-10-5-3-4-6-11(10)14/h3-6,15H,2,7-9H2,1H3. The summed E-state index contributed by atoms with van der Waals surface area (Å²) in [4.78, 5) is 0. The molecule has 0 radical (unpaired) electrons. The van der Waals surface area contributed by atoms with Gasteiger partial charge < -0.3 is 5.32 Å². The number of hydrogen-bond acceptors (Lipinski definition) is 4. The van der Waals surface area contributed by atoms with E-state index in [1.54, 1.807) is 11.3 Å². The second kappa shape index (κ2) is 6.83. The molecule has 0 unspecified atom stereocenters. The van der Waals surface area contributed by atoms with Crippen LogP contribution in [0.2, 0.25) is 5.02 Å². The highest BCUT2D eigenvalue weighted by Crippen LogP contribution is 2.20. The minimum absolute atomic E-state index is 0.762. The van der Waals surface area contributed by atoms with E-state index in [4.69, 9.17) is 11.6 Å². The topological polar surface area (TPSA) is 37.8 Å². The minimum Gasteiger partial charge on any atom is -0.317 e. The van der Waals surface area contributed by atoms with Crippen molar-refractivity contribution in [2.45, 2.75) is 19.8 Å². The molecule has 1 aromatic carbocycles. The molecule has 0 spiro atoms. The van der Waals surface area contributed by atoms with Crippen LogP contribution in [0.3, 0.4) is 0 Å². The molecule has 1 heterocycles. The third-order valence-electron chi connectivity index (χ3n) is 2.57. The van der Waals surface area contributed by atoms with Gasteiger partial charge in [-0.3, -0.25) is 0 Å². The summed E-state index contributed by atoms with van der Waals surface area (Å²) < 4.78 is 0. The monoisotopic (exact) mass is 281 g/mol. The van der Waals surface area contributed by atoms with Gasteiger partial charge in [-0.05, 0) is 18.2 Å². The smallest absolute Gasteiger partial charge is 0.121 e. The van der Waals surface area contributed by atoms with Gasteiger partial charge in [0.1, 0.15) is 10.0 Å². The van der Waals surface area contributed by atoms with Crippen molar-refractivity contribution in [3.8, 4) is 0 Å². The first kappa shape index (κ1) is 13.5. The summed E-state index contributed by atoms with van der Waals surface area (Å²) in [6, 6.07) is 7.87. The zero-order chi connectivity index (χ0) is 12.8. The molecule has 0 bridgehead atoms. The van der Waals surface area contributed by atoms with E-state index in [1.807, 2.05) is 24.3 Å². The molecule has 0 saturated carbocycles. The lowest BCUT2D eigenvalue weighted by molar-refractivity contribution is 0.710. The van der Waals surface area contributed by atoms with Crippen molar-refractivity contribution in [1.82, 2.24) is 15.5 Å². The van der Waals surface area contributed by atoms with Crippen LogP contribution in [-0.4, -0.2) is 23.3 Å². The first-order chi connectivity index (χ1) is 8.79. The van der Waals surface area contributed by atoms with E-state index in [0.29, 0.717) is 0 Å². The first-order valence-corrected chi connectivity index (χ1v) is 7.24. The van der Waals surface area contributed by atoms with Gasteiger partial charge >= 0.3 is 0 Å². The van der Waals surface area contributed by atoms with E-state index >= 15 is 0 Å². The zero-order valence-electron chi connectivity index (χ0n) is 10.3. The van der Waals surface area contributed by atoms with Gasteiger partial charge in [0.25, 0.3) is 0 Å². The number of hydrogen-bond donors (Lipinski definition) is 1. The molecule has 18 heavy (non-hydrogen) atoms. The Kier molecular flexibility index (Phi) is 5.11. The number of halogens is 1. The second-order valence-electron chi connectivity index (χ2n) is 3.96. The molecule has 0 aliphatic heterocycles. The van der Waals surface area contributed by atoms with E-state index in [0.717, 1.165) is 46.5 Å². The Morgan fingerprint density at radius 3 is 2.78 bits per heavy atom. The van der Waals surface area contributed by atoms with Crippen LogP contribution in [0.25, 0.3) is 0 Å². The van der Waals surface area contributed by atoms with Crippen molar-refractivity contribution in [2.75, 3.05) is 13.1 Å². The Morgan fingerprint density at radius 1 is 1.22 bits per heavy atom. The maximum absolute atomic E-state index is 6.13. The lowest BCUT2D eigenvalue weighted by Crippen LogP contribution is -2.15. The first-order valence-electron chi connectivity index (χ1n) is 6.05. The molecule has 1 N–H and O–H groups in total. The van der Waals surface area contributed by atoms with Crippen molar-refractivity contribution >= 4 is 22.9 Å². The van der Waals surface area contributed by atoms with E-state index in [9.17, 15) is 0 Å². The molecule has 3 nitrogen and oxygen atoms in total. The third kappa shape index (κ3) is 3.77. The Balaban J connectivity index is 1.96. The molecule has 0 saturated heterocycles. The molecular formula is C13H16ClN3S. The maximum Gasteiger partial charge on any atom is 0.121 e. The summed E-state index contributed by atoms with van der Waals surface area (Å²) in [5, 5.41) is 14.6. The Morgan fingerprint density at radius 2 is 2.00 bits per heavy atom. The molecule has 1 aromatic heterocycles. The quantitative estimate of drug-likeness (QED) is 0.828. The molecule has 0 aliphatic rings. The van der Waals surface area contributed by atoms with Gasteiger partial charge in [0.05, 0.1) is 0 Å². The summed E-state index contributed by atoms with van der Waals surface area (Å²) in [6.45, 7) is 4.05. The van der Waals surface area contributed by atoms with Crippen LogP contribution in [-0.2, 0) is 12.8 Å². The predicted octanol–water partition coefficient (Wildman–Crippen LogP) is 2.93. The number of nitrogens with zero attached hydrogens (tertiary/aromatic N) is 2. The van der Waals surface area contributed by atoms with Crippen LogP contribution < -0.4 is 5.32 Å². The van der Waals surface area contributed by atoms with Crippen molar-refractivity contribution in [1.29, 1.82) is 0 Å². The molecule has 0 atom stereocenters. The van der Waals surface area contributed by atoms with Crippen molar-refractivity contribution in [3.63, 3.8) is 0 Å². The fourth-order valence-corrected chi connectivity index (χ4v) is 2.71. The van der Waals surface area contributed by atoms with Gasteiger partial charge in [-0.1, -0.05) is 36.7 Å². The van der Waals surface area contributed by atoms with Gasteiger partial charge in [-0.25, -0.2) is 0 Å². The second-order valence-corrected chi connectivity index (χ2v) is 5.52. The fourth-order valence-electron chi connectivity index (χ4n) is 1.64. The Bertz CT molecular complexity index is 498. The SMILES string of the molecule is CCNCCc1nnc(Cc2ccccc2Cl)s1. The van der Waals surface area contributed by atoms with Gasteiger partial charge in [0.2, 0.25) is 0 Å². The van der Waals surface area contributed by atoms with E-state index in [-0.39, 0.29) is 0 Å². The normalized spacial score (nSPS) is 10.8.